The molecule has 0 atom stereocenters. The second-order valence-corrected chi connectivity index (χ2v) is 8.23. The largest absolute Gasteiger partial charge is 0.287 e. The average molecular weight is 384 g/mol. The molecule has 4 aromatic rings. The van der Waals surface area contributed by atoms with Crippen molar-refractivity contribution in [3.8, 4) is 11.3 Å². The third-order valence-electron chi connectivity index (χ3n) is 4.10. The molecule has 0 N–H and O–H groups in total. The van der Waals surface area contributed by atoms with E-state index in [1.165, 1.54) is 6.20 Å². The molecule has 0 bridgehead atoms. The molecule has 4 rings (SSSR count). The second-order valence-electron chi connectivity index (χ2n) is 5.89. The summed E-state index contributed by atoms with van der Waals surface area (Å²) in [5.41, 5.74) is 2.79. The van der Waals surface area contributed by atoms with Gasteiger partial charge in [0.05, 0.1) is 11.1 Å². The van der Waals surface area contributed by atoms with E-state index in [4.69, 9.17) is 11.6 Å². The lowest BCUT2D eigenvalue weighted by molar-refractivity contribution is 0.590. The quantitative estimate of drug-likeness (QED) is 0.532. The van der Waals surface area contributed by atoms with Crippen molar-refractivity contribution in [3.63, 3.8) is 0 Å². The zero-order valence-corrected chi connectivity index (χ0v) is 15.4. The van der Waals surface area contributed by atoms with E-state index in [0.717, 1.165) is 11.1 Å². The van der Waals surface area contributed by atoms with Crippen molar-refractivity contribution in [1.82, 2.24) is 14.4 Å². The Morgan fingerprint density at radius 2 is 1.81 bits per heavy atom. The molecule has 0 unspecified atom stereocenters. The molecule has 0 aliphatic heterocycles. The predicted octanol–water partition coefficient (Wildman–Crippen LogP) is 4.19. The Balaban J connectivity index is 1.92. The van der Waals surface area contributed by atoms with E-state index in [0.29, 0.717) is 16.4 Å². The first-order valence-corrected chi connectivity index (χ1v) is 9.73. The molecule has 26 heavy (non-hydrogen) atoms. The first-order chi connectivity index (χ1) is 12.5. The Labute approximate surface area is 155 Å². The number of imidazole rings is 1. The number of benzene rings is 2. The fourth-order valence-electron chi connectivity index (χ4n) is 2.77. The third kappa shape index (κ3) is 2.77. The lowest BCUT2D eigenvalue weighted by Gasteiger charge is -2.10. The average Bonchev–Trinajstić information content (AvgIpc) is 3.10. The number of nitrogens with zero attached hydrogens (tertiary/aromatic N) is 3. The lowest BCUT2D eigenvalue weighted by Crippen LogP contribution is -2.09. The summed E-state index contributed by atoms with van der Waals surface area (Å²) in [6, 6.07) is 13.9. The van der Waals surface area contributed by atoms with Gasteiger partial charge in [0.25, 0.3) is 0 Å². The lowest BCUT2D eigenvalue weighted by atomic mass is 10.1. The van der Waals surface area contributed by atoms with Gasteiger partial charge in [0.1, 0.15) is 5.69 Å². The van der Waals surface area contributed by atoms with Crippen molar-refractivity contribution in [2.24, 2.45) is 0 Å². The van der Waals surface area contributed by atoms with E-state index in [-0.39, 0.29) is 9.92 Å². The first-order valence-electron chi connectivity index (χ1n) is 7.86. The SMILES string of the molecule is Cc1ccc(S(=O)(=O)c2cnc(-c3cccc(Cl)c3)c3nccn23)cc1. The molecule has 0 aliphatic rings. The van der Waals surface area contributed by atoms with Crippen molar-refractivity contribution in [2.45, 2.75) is 16.8 Å². The Kier molecular flexibility index (Phi) is 4.01. The van der Waals surface area contributed by atoms with Crippen LogP contribution >= 0.6 is 11.6 Å². The van der Waals surface area contributed by atoms with Crippen LogP contribution in [0.5, 0.6) is 0 Å². The predicted molar refractivity (Wildman–Crippen MR) is 100 cm³/mol. The van der Waals surface area contributed by atoms with Gasteiger partial charge in [0.2, 0.25) is 9.84 Å². The van der Waals surface area contributed by atoms with Gasteiger partial charge in [-0.15, -0.1) is 0 Å². The van der Waals surface area contributed by atoms with Crippen LogP contribution in [0.1, 0.15) is 5.56 Å². The van der Waals surface area contributed by atoms with Gasteiger partial charge in [-0.25, -0.2) is 18.4 Å². The molecular formula is C19H14ClN3O2S. The number of rotatable bonds is 3. The molecule has 0 aliphatic carbocycles. The van der Waals surface area contributed by atoms with Gasteiger partial charge >= 0.3 is 0 Å². The van der Waals surface area contributed by atoms with Crippen LogP contribution in [0.15, 0.2) is 77.0 Å². The maximum absolute atomic E-state index is 13.0. The van der Waals surface area contributed by atoms with Crippen LogP contribution in [-0.4, -0.2) is 22.8 Å². The molecule has 0 saturated carbocycles. The molecule has 130 valence electrons. The van der Waals surface area contributed by atoms with E-state index in [2.05, 4.69) is 9.97 Å². The highest BCUT2D eigenvalue weighted by molar-refractivity contribution is 7.91. The number of fused-ring (bicyclic) bond motifs is 1. The van der Waals surface area contributed by atoms with Gasteiger partial charge in [0, 0.05) is 23.0 Å². The summed E-state index contributed by atoms with van der Waals surface area (Å²) in [6.45, 7) is 1.91. The molecule has 2 aromatic heterocycles. The Bertz CT molecular complexity index is 1220. The van der Waals surface area contributed by atoms with E-state index in [9.17, 15) is 8.42 Å². The van der Waals surface area contributed by atoms with Crippen molar-refractivity contribution >= 4 is 27.1 Å². The van der Waals surface area contributed by atoms with Crippen molar-refractivity contribution < 1.29 is 8.42 Å². The van der Waals surface area contributed by atoms with E-state index < -0.39 is 9.84 Å². The van der Waals surface area contributed by atoms with Gasteiger partial charge < -0.3 is 0 Å². The normalized spacial score (nSPS) is 11.8. The minimum atomic E-state index is -3.72. The molecular weight excluding hydrogens is 370 g/mol. The summed E-state index contributed by atoms with van der Waals surface area (Å²) in [4.78, 5) is 8.90. The minimum Gasteiger partial charge on any atom is -0.287 e. The molecule has 7 heteroatoms. The van der Waals surface area contributed by atoms with Gasteiger partial charge in [0.15, 0.2) is 10.7 Å². The summed E-state index contributed by atoms with van der Waals surface area (Å²) in [6.07, 6.45) is 4.53. The molecule has 2 aromatic carbocycles. The van der Waals surface area contributed by atoms with E-state index in [1.54, 1.807) is 53.2 Å². The summed E-state index contributed by atoms with van der Waals surface area (Å²) in [5, 5.41) is 0.644. The Morgan fingerprint density at radius 3 is 2.54 bits per heavy atom. The summed E-state index contributed by atoms with van der Waals surface area (Å²) < 4.78 is 27.6. The van der Waals surface area contributed by atoms with Crippen LogP contribution in [-0.2, 0) is 9.84 Å². The van der Waals surface area contributed by atoms with Crippen LogP contribution in [0.3, 0.4) is 0 Å². The molecule has 2 heterocycles. The number of hydrogen-bond donors (Lipinski definition) is 0. The maximum atomic E-state index is 13.0. The maximum Gasteiger partial charge on any atom is 0.223 e. The second kappa shape index (κ2) is 6.23. The van der Waals surface area contributed by atoms with Crippen LogP contribution in [0.4, 0.5) is 0 Å². The number of halogens is 1. The number of aromatic nitrogens is 3. The summed E-state index contributed by atoms with van der Waals surface area (Å²) >= 11 is 6.07. The zero-order chi connectivity index (χ0) is 18.3. The topological polar surface area (TPSA) is 64.3 Å². The molecule has 0 fully saturated rings. The zero-order valence-electron chi connectivity index (χ0n) is 13.8. The van der Waals surface area contributed by atoms with Crippen LogP contribution < -0.4 is 0 Å². The number of hydrogen-bond acceptors (Lipinski definition) is 4. The highest BCUT2D eigenvalue weighted by Gasteiger charge is 2.23. The van der Waals surface area contributed by atoms with E-state index in [1.807, 2.05) is 19.1 Å². The highest BCUT2D eigenvalue weighted by Crippen LogP contribution is 2.28. The smallest absolute Gasteiger partial charge is 0.223 e. The van der Waals surface area contributed by atoms with Gasteiger partial charge in [-0.3, -0.25) is 4.40 Å². The van der Waals surface area contributed by atoms with E-state index >= 15 is 0 Å². The molecule has 0 radical (unpaired) electrons. The molecule has 5 nitrogen and oxygen atoms in total. The summed E-state index contributed by atoms with van der Waals surface area (Å²) in [7, 11) is -3.72. The van der Waals surface area contributed by atoms with Crippen molar-refractivity contribution in [1.29, 1.82) is 0 Å². The number of aryl methyl sites for hydroxylation is 1. The van der Waals surface area contributed by atoms with Gasteiger partial charge in [-0.1, -0.05) is 41.4 Å². The van der Waals surface area contributed by atoms with Crippen molar-refractivity contribution in [2.75, 3.05) is 0 Å². The van der Waals surface area contributed by atoms with Gasteiger partial charge in [-0.2, -0.15) is 0 Å². The number of sulfone groups is 1. The van der Waals surface area contributed by atoms with Gasteiger partial charge in [-0.05, 0) is 31.2 Å². The fourth-order valence-corrected chi connectivity index (χ4v) is 4.30. The van der Waals surface area contributed by atoms with Crippen LogP contribution in [0.2, 0.25) is 5.02 Å². The standard InChI is InChI=1S/C19H14ClN3O2S/c1-13-5-7-16(8-6-13)26(24,25)17-12-22-18(19-21-9-10-23(17)19)14-3-2-4-15(20)11-14/h2-12H,1H3. The molecule has 0 saturated heterocycles. The Morgan fingerprint density at radius 1 is 1.04 bits per heavy atom. The van der Waals surface area contributed by atoms with Crippen LogP contribution in [0, 0.1) is 6.92 Å². The third-order valence-corrected chi connectivity index (χ3v) is 6.08. The minimum absolute atomic E-state index is 0.0691. The Hall–Kier alpha value is -2.70. The first kappa shape index (κ1) is 16.8. The monoisotopic (exact) mass is 383 g/mol. The van der Waals surface area contributed by atoms with Crippen molar-refractivity contribution in [3.05, 3.63) is 77.7 Å². The van der Waals surface area contributed by atoms with Crippen LogP contribution in [0.25, 0.3) is 16.9 Å². The highest BCUT2D eigenvalue weighted by atomic mass is 35.5. The summed E-state index contributed by atoms with van der Waals surface area (Å²) in [5.74, 6) is 0. The fraction of sp³-hybridized carbons (Fsp3) is 0.0526. The molecule has 0 spiro atoms. The molecule has 0 amide bonds.